The number of primary amides is 1. The van der Waals surface area contributed by atoms with E-state index in [1.807, 2.05) is 6.07 Å². The van der Waals surface area contributed by atoms with Gasteiger partial charge in [0, 0.05) is 11.6 Å². The van der Waals surface area contributed by atoms with Crippen molar-refractivity contribution in [1.82, 2.24) is 0 Å². The standard InChI is InChI=1S/C19H14N2O5S2/c20-17(22)9-24-13-4-2-1-3-11(13)7-16-18(23)21(19(27)28-16)12-5-6-14-15(8-12)26-10-25-14/h1-8H,9-10H2,(H2,20,22). The lowest BCUT2D eigenvalue weighted by Crippen LogP contribution is -2.27. The number of thiocarbonyl (C=S) groups is 1. The van der Waals surface area contributed by atoms with Gasteiger partial charge >= 0.3 is 0 Å². The smallest absolute Gasteiger partial charge is 0.270 e. The SMILES string of the molecule is NC(=O)COc1ccccc1C=C1SC(=S)N(c2ccc3c(c2)OCO3)C1=O. The number of ether oxygens (including phenoxy) is 3. The normalized spacial score (nSPS) is 16.7. The van der Waals surface area contributed by atoms with Crippen LogP contribution >= 0.6 is 24.0 Å². The van der Waals surface area contributed by atoms with Gasteiger partial charge in [-0.15, -0.1) is 0 Å². The number of hydrogen-bond acceptors (Lipinski definition) is 7. The second-order valence-corrected chi connectivity index (χ2v) is 7.52. The van der Waals surface area contributed by atoms with Crippen molar-refractivity contribution in [1.29, 1.82) is 0 Å². The minimum Gasteiger partial charge on any atom is -0.483 e. The summed E-state index contributed by atoms with van der Waals surface area (Å²) in [6.45, 7) is -0.0951. The van der Waals surface area contributed by atoms with Gasteiger partial charge in [0.1, 0.15) is 5.75 Å². The maximum Gasteiger partial charge on any atom is 0.270 e. The topological polar surface area (TPSA) is 91.1 Å². The molecule has 1 fully saturated rings. The first-order valence-electron chi connectivity index (χ1n) is 8.20. The number of amides is 2. The predicted molar refractivity (Wildman–Crippen MR) is 109 cm³/mol. The Bertz CT molecular complexity index is 1020. The van der Waals surface area contributed by atoms with Crippen molar-refractivity contribution in [3.05, 3.63) is 52.9 Å². The molecule has 2 amide bonds. The Balaban J connectivity index is 1.62. The van der Waals surface area contributed by atoms with Crippen LogP contribution in [0.25, 0.3) is 6.08 Å². The summed E-state index contributed by atoms with van der Waals surface area (Å²) in [7, 11) is 0. The van der Waals surface area contributed by atoms with Crippen LogP contribution in [0.3, 0.4) is 0 Å². The van der Waals surface area contributed by atoms with E-state index in [2.05, 4.69) is 0 Å². The second kappa shape index (κ2) is 7.53. The molecular formula is C19H14N2O5S2. The number of nitrogens with two attached hydrogens (primary N) is 1. The molecule has 142 valence electrons. The summed E-state index contributed by atoms with van der Waals surface area (Å²) in [6, 6.07) is 12.3. The van der Waals surface area contributed by atoms with E-state index in [4.69, 9.17) is 32.2 Å². The lowest BCUT2D eigenvalue weighted by Gasteiger charge is -2.14. The summed E-state index contributed by atoms with van der Waals surface area (Å²) in [5, 5.41) is 0. The van der Waals surface area contributed by atoms with E-state index in [1.165, 1.54) is 16.7 Å². The minimum atomic E-state index is -0.580. The maximum absolute atomic E-state index is 13.0. The molecule has 9 heteroatoms. The average Bonchev–Trinajstić information content (AvgIpc) is 3.24. The number of anilines is 1. The van der Waals surface area contributed by atoms with Crippen LogP contribution in [-0.4, -0.2) is 29.5 Å². The first kappa shape index (κ1) is 18.3. The molecule has 0 aromatic heterocycles. The van der Waals surface area contributed by atoms with Gasteiger partial charge in [0.2, 0.25) is 6.79 Å². The Morgan fingerprint density at radius 3 is 2.86 bits per heavy atom. The summed E-state index contributed by atoms with van der Waals surface area (Å²) in [5.41, 5.74) is 6.39. The Labute approximate surface area is 170 Å². The third kappa shape index (κ3) is 3.54. The van der Waals surface area contributed by atoms with E-state index in [-0.39, 0.29) is 19.3 Å². The Hall–Kier alpha value is -3.04. The van der Waals surface area contributed by atoms with Gasteiger partial charge in [-0.1, -0.05) is 42.2 Å². The summed E-state index contributed by atoms with van der Waals surface area (Å²) in [6.07, 6.45) is 1.68. The predicted octanol–water partition coefficient (Wildman–Crippen LogP) is 2.69. The fourth-order valence-corrected chi connectivity index (χ4v) is 4.03. The van der Waals surface area contributed by atoms with Crippen LogP contribution < -0.4 is 24.8 Å². The highest BCUT2D eigenvalue weighted by Gasteiger charge is 2.34. The van der Waals surface area contributed by atoms with E-state index in [9.17, 15) is 9.59 Å². The molecule has 0 bridgehead atoms. The van der Waals surface area contributed by atoms with Crippen LogP contribution in [0.5, 0.6) is 17.2 Å². The molecule has 2 heterocycles. The van der Waals surface area contributed by atoms with Gasteiger partial charge in [0.25, 0.3) is 11.8 Å². The molecule has 2 aromatic carbocycles. The van der Waals surface area contributed by atoms with Crippen molar-refractivity contribution >= 4 is 51.9 Å². The fraction of sp³-hybridized carbons (Fsp3) is 0.105. The van der Waals surface area contributed by atoms with Gasteiger partial charge in [-0.25, -0.2) is 0 Å². The Kier molecular flexibility index (Phi) is 4.93. The lowest BCUT2D eigenvalue weighted by atomic mass is 10.2. The number of para-hydroxylation sites is 1. The van der Waals surface area contributed by atoms with Crippen LogP contribution in [-0.2, 0) is 9.59 Å². The molecule has 2 N–H and O–H groups in total. The number of carbonyl (C=O) groups is 2. The first-order valence-corrected chi connectivity index (χ1v) is 9.43. The van der Waals surface area contributed by atoms with Crippen LogP contribution in [0, 0.1) is 0 Å². The fourth-order valence-electron chi connectivity index (χ4n) is 2.74. The summed E-state index contributed by atoms with van der Waals surface area (Å²) in [4.78, 5) is 25.8. The molecular weight excluding hydrogens is 400 g/mol. The summed E-state index contributed by atoms with van der Waals surface area (Å²) in [5.74, 6) is 0.822. The molecule has 28 heavy (non-hydrogen) atoms. The highest BCUT2D eigenvalue weighted by molar-refractivity contribution is 8.27. The van der Waals surface area contributed by atoms with Crippen molar-refractivity contribution < 1.29 is 23.8 Å². The molecule has 2 aliphatic heterocycles. The van der Waals surface area contributed by atoms with Crippen LogP contribution in [0.4, 0.5) is 5.69 Å². The number of hydrogen-bond donors (Lipinski definition) is 1. The van der Waals surface area contributed by atoms with Gasteiger partial charge in [0.15, 0.2) is 22.4 Å². The van der Waals surface area contributed by atoms with Gasteiger partial charge < -0.3 is 19.9 Å². The largest absolute Gasteiger partial charge is 0.483 e. The zero-order chi connectivity index (χ0) is 19.7. The van der Waals surface area contributed by atoms with Crippen molar-refractivity contribution in [2.24, 2.45) is 5.73 Å². The lowest BCUT2D eigenvalue weighted by molar-refractivity contribution is -0.120. The van der Waals surface area contributed by atoms with E-state index < -0.39 is 5.91 Å². The molecule has 4 rings (SSSR count). The molecule has 0 atom stereocenters. The molecule has 2 aliphatic rings. The minimum absolute atomic E-state index is 0.152. The van der Waals surface area contributed by atoms with Crippen molar-refractivity contribution in [2.45, 2.75) is 0 Å². The first-order chi connectivity index (χ1) is 13.5. The van der Waals surface area contributed by atoms with Crippen molar-refractivity contribution in [3.8, 4) is 17.2 Å². The Morgan fingerprint density at radius 2 is 2.04 bits per heavy atom. The summed E-state index contributed by atoms with van der Waals surface area (Å²) >= 11 is 6.59. The monoisotopic (exact) mass is 414 g/mol. The molecule has 0 saturated carbocycles. The highest BCUT2D eigenvalue weighted by atomic mass is 32.2. The van der Waals surface area contributed by atoms with Crippen molar-refractivity contribution in [2.75, 3.05) is 18.3 Å². The number of benzene rings is 2. The number of carbonyl (C=O) groups excluding carboxylic acids is 2. The summed E-state index contributed by atoms with van der Waals surface area (Å²) < 4.78 is 16.5. The number of thioether (sulfide) groups is 1. The molecule has 0 unspecified atom stereocenters. The number of rotatable bonds is 5. The molecule has 0 spiro atoms. The zero-order valence-electron chi connectivity index (χ0n) is 14.4. The van der Waals surface area contributed by atoms with E-state index in [1.54, 1.807) is 42.5 Å². The number of fused-ring (bicyclic) bond motifs is 1. The molecule has 7 nitrogen and oxygen atoms in total. The van der Waals surface area contributed by atoms with E-state index in [0.717, 1.165) is 0 Å². The quantitative estimate of drug-likeness (QED) is 0.594. The van der Waals surface area contributed by atoms with Crippen LogP contribution in [0.15, 0.2) is 47.4 Å². The third-order valence-electron chi connectivity index (χ3n) is 3.98. The molecule has 0 radical (unpaired) electrons. The molecule has 0 aliphatic carbocycles. The van der Waals surface area contributed by atoms with Gasteiger partial charge in [-0.05, 0) is 24.3 Å². The van der Waals surface area contributed by atoms with Gasteiger partial charge in [-0.2, -0.15) is 0 Å². The number of nitrogens with zero attached hydrogens (tertiary/aromatic N) is 1. The Morgan fingerprint density at radius 1 is 1.25 bits per heavy atom. The van der Waals surface area contributed by atoms with Crippen molar-refractivity contribution in [3.63, 3.8) is 0 Å². The van der Waals surface area contributed by atoms with E-state index in [0.29, 0.717) is 37.7 Å². The van der Waals surface area contributed by atoms with Crippen LogP contribution in [0.1, 0.15) is 5.56 Å². The van der Waals surface area contributed by atoms with Gasteiger partial charge in [-0.3, -0.25) is 14.5 Å². The van der Waals surface area contributed by atoms with Gasteiger partial charge in [0.05, 0.1) is 10.6 Å². The van der Waals surface area contributed by atoms with Crippen LogP contribution in [0.2, 0.25) is 0 Å². The highest BCUT2D eigenvalue weighted by Crippen LogP contribution is 2.41. The average molecular weight is 414 g/mol. The second-order valence-electron chi connectivity index (χ2n) is 5.85. The third-order valence-corrected chi connectivity index (χ3v) is 5.29. The zero-order valence-corrected chi connectivity index (χ0v) is 16.0. The molecule has 2 aromatic rings. The molecule has 1 saturated heterocycles. The maximum atomic E-state index is 13.0. The van der Waals surface area contributed by atoms with E-state index >= 15 is 0 Å².